The lowest BCUT2D eigenvalue weighted by Crippen LogP contribution is -2.29. The molecule has 0 radical (unpaired) electrons. The monoisotopic (exact) mass is 553 g/mol. The lowest BCUT2D eigenvalue weighted by atomic mass is 9.97. The van der Waals surface area contributed by atoms with Crippen molar-refractivity contribution in [2.24, 2.45) is 5.92 Å². The molecule has 1 atom stereocenters. The lowest BCUT2D eigenvalue weighted by Gasteiger charge is -2.26. The summed E-state index contributed by atoms with van der Waals surface area (Å²) < 4.78 is 22.8. The second-order valence-electron chi connectivity index (χ2n) is 9.33. The molecule has 196 valence electrons. The largest absolute Gasteiger partial charge is 0.495 e. The number of hydrogen-bond acceptors (Lipinski definition) is 6. The summed E-state index contributed by atoms with van der Waals surface area (Å²) in [6.07, 6.45) is 0. The smallest absolute Gasteiger partial charge is 0.295 e. The highest BCUT2D eigenvalue weighted by molar-refractivity contribution is 6.32. The molecule has 4 aromatic rings. The minimum Gasteiger partial charge on any atom is -0.495 e. The molecule has 5 rings (SSSR count). The van der Waals surface area contributed by atoms with E-state index in [-0.39, 0.29) is 27.7 Å². The highest BCUT2D eigenvalue weighted by Gasteiger charge is 2.44. The summed E-state index contributed by atoms with van der Waals surface area (Å²) in [5.74, 6) is 1.30. The minimum atomic E-state index is -0.824. The molecule has 1 unspecified atom stereocenters. The Balaban J connectivity index is 1.73. The van der Waals surface area contributed by atoms with Crippen LogP contribution in [0.25, 0.3) is 11.0 Å². The molecule has 2 heterocycles. The van der Waals surface area contributed by atoms with Crippen LogP contribution < -0.4 is 24.5 Å². The third-order valence-corrected chi connectivity index (χ3v) is 6.85. The first-order valence-corrected chi connectivity index (χ1v) is 12.7. The van der Waals surface area contributed by atoms with Gasteiger partial charge in [-0.1, -0.05) is 43.1 Å². The highest BCUT2D eigenvalue weighted by atomic mass is 35.5. The number of anilines is 1. The molecule has 0 aliphatic carbocycles. The van der Waals surface area contributed by atoms with Gasteiger partial charge in [0.15, 0.2) is 16.9 Å². The van der Waals surface area contributed by atoms with Crippen molar-refractivity contribution in [2.75, 3.05) is 25.7 Å². The van der Waals surface area contributed by atoms with E-state index in [2.05, 4.69) is 13.8 Å². The standard InChI is InChI=1S/C29H25Cl2NO6/c1-15(2)14-37-23-8-5-16(11-24(23)36-4)26-25-27(33)19-12-17(30)6-9-21(19)38-28(25)29(34)32(26)18-7-10-22(35-3)20(31)13-18/h5-13,15,26H,14H2,1-4H3. The Hall–Kier alpha value is -3.68. The van der Waals surface area contributed by atoms with Crippen molar-refractivity contribution in [3.8, 4) is 17.2 Å². The van der Waals surface area contributed by atoms with Gasteiger partial charge in [-0.3, -0.25) is 14.5 Å². The zero-order valence-corrected chi connectivity index (χ0v) is 22.7. The third-order valence-electron chi connectivity index (χ3n) is 6.32. The number of hydrogen-bond donors (Lipinski definition) is 0. The van der Waals surface area contributed by atoms with Crippen molar-refractivity contribution in [1.29, 1.82) is 0 Å². The van der Waals surface area contributed by atoms with Crippen molar-refractivity contribution in [2.45, 2.75) is 19.9 Å². The average Bonchev–Trinajstić information content (AvgIpc) is 3.20. The highest BCUT2D eigenvalue weighted by Crippen LogP contribution is 2.44. The Morgan fingerprint density at radius 1 is 0.921 bits per heavy atom. The first-order valence-electron chi connectivity index (χ1n) is 12.0. The van der Waals surface area contributed by atoms with Crippen molar-refractivity contribution in [1.82, 2.24) is 0 Å². The van der Waals surface area contributed by atoms with Gasteiger partial charge in [0, 0.05) is 10.7 Å². The fourth-order valence-corrected chi connectivity index (χ4v) is 4.99. The zero-order valence-electron chi connectivity index (χ0n) is 21.2. The molecular weight excluding hydrogens is 529 g/mol. The summed E-state index contributed by atoms with van der Waals surface area (Å²) in [6.45, 7) is 4.61. The van der Waals surface area contributed by atoms with E-state index in [0.29, 0.717) is 51.1 Å². The quantitative estimate of drug-likeness (QED) is 0.247. The van der Waals surface area contributed by atoms with Gasteiger partial charge in [-0.25, -0.2) is 0 Å². The molecule has 0 fully saturated rings. The van der Waals surface area contributed by atoms with Gasteiger partial charge < -0.3 is 18.6 Å². The first kappa shape index (κ1) is 25.9. The van der Waals surface area contributed by atoms with Crippen LogP contribution in [0.3, 0.4) is 0 Å². The number of benzene rings is 3. The van der Waals surface area contributed by atoms with Crippen LogP contribution in [0.4, 0.5) is 5.69 Å². The van der Waals surface area contributed by atoms with Crippen LogP contribution in [-0.2, 0) is 0 Å². The number of fused-ring (bicyclic) bond motifs is 2. The van der Waals surface area contributed by atoms with Gasteiger partial charge in [0.25, 0.3) is 5.91 Å². The summed E-state index contributed by atoms with van der Waals surface area (Å²) in [4.78, 5) is 29.2. The topological polar surface area (TPSA) is 78.2 Å². The van der Waals surface area contributed by atoms with Crippen molar-refractivity contribution < 1.29 is 23.4 Å². The van der Waals surface area contributed by atoms with Gasteiger partial charge in [-0.2, -0.15) is 0 Å². The van der Waals surface area contributed by atoms with E-state index in [1.807, 2.05) is 6.07 Å². The number of carbonyl (C=O) groups is 1. The van der Waals surface area contributed by atoms with Crippen LogP contribution in [0, 0.1) is 5.92 Å². The van der Waals surface area contributed by atoms with Crippen LogP contribution in [0.2, 0.25) is 10.0 Å². The molecule has 1 aliphatic heterocycles. The Labute approximate surface area is 229 Å². The Morgan fingerprint density at radius 2 is 1.66 bits per heavy atom. The van der Waals surface area contributed by atoms with Crippen LogP contribution in [0.1, 0.15) is 41.6 Å². The molecule has 9 heteroatoms. The second-order valence-corrected chi connectivity index (χ2v) is 10.2. The number of rotatable bonds is 7. The fraction of sp³-hybridized carbons (Fsp3) is 0.241. The molecule has 1 amide bonds. The molecule has 38 heavy (non-hydrogen) atoms. The minimum absolute atomic E-state index is 0.0409. The molecular formula is C29H25Cl2NO6. The van der Waals surface area contributed by atoms with E-state index in [1.165, 1.54) is 12.0 Å². The van der Waals surface area contributed by atoms with Gasteiger partial charge in [0.2, 0.25) is 5.76 Å². The molecule has 3 aromatic carbocycles. The van der Waals surface area contributed by atoms with Crippen molar-refractivity contribution in [3.63, 3.8) is 0 Å². The molecule has 1 aromatic heterocycles. The molecule has 0 spiro atoms. The van der Waals surface area contributed by atoms with Crippen LogP contribution in [0.15, 0.2) is 63.8 Å². The van der Waals surface area contributed by atoms with Crippen molar-refractivity contribution >= 4 is 45.8 Å². The first-order chi connectivity index (χ1) is 18.2. The molecule has 0 saturated heterocycles. The van der Waals surface area contributed by atoms with Gasteiger partial charge in [0.05, 0.1) is 42.8 Å². The zero-order chi connectivity index (χ0) is 27.1. The SMILES string of the molecule is COc1ccc(N2C(=O)c3oc4ccc(Cl)cc4c(=O)c3C2c2ccc(OCC(C)C)c(OC)c2)cc1Cl. The number of nitrogens with zero attached hydrogens (tertiary/aromatic N) is 1. The van der Waals surface area contributed by atoms with E-state index in [0.717, 1.165) is 0 Å². The van der Waals surface area contributed by atoms with E-state index in [9.17, 15) is 9.59 Å². The van der Waals surface area contributed by atoms with Gasteiger partial charge in [-0.05, 0) is 60.0 Å². The number of halogens is 2. The van der Waals surface area contributed by atoms with Gasteiger partial charge in [-0.15, -0.1) is 0 Å². The van der Waals surface area contributed by atoms with Crippen molar-refractivity contribution in [3.05, 3.63) is 91.8 Å². The third kappa shape index (κ3) is 4.46. The Morgan fingerprint density at radius 3 is 2.34 bits per heavy atom. The Bertz CT molecular complexity index is 1610. The molecule has 0 N–H and O–H groups in total. The van der Waals surface area contributed by atoms with Gasteiger partial charge >= 0.3 is 0 Å². The van der Waals surface area contributed by atoms with E-state index in [1.54, 1.807) is 55.6 Å². The summed E-state index contributed by atoms with van der Waals surface area (Å²) in [7, 11) is 3.05. The molecule has 1 aliphatic rings. The second kappa shape index (κ2) is 10.2. The maximum Gasteiger partial charge on any atom is 0.295 e. The number of methoxy groups -OCH3 is 2. The number of carbonyl (C=O) groups excluding carboxylic acids is 1. The van der Waals surface area contributed by atoms with E-state index in [4.69, 9.17) is 41.8 Å². The normalized spacial score (nSPS) is 14.8. The predicted molar refractivity (Wildman–Crippen MR) is 147 cm³/mol. The summed E-state index contributed by atoms with van der Waals surface area (Å²) in [6, 6.07) is 14.3. The Kier molecular flexibility index (Phi) is 6.99. The molecule has 7 nitrogen and oxygen atoms in total. The molecule has 0 bridgehead atoms. The van der Waals surface area contributed by atoms with Gasteiger partial charge in [0.1, 0.15) is 11.3 Å². The summed E-state index contributed by atoms with van der Waals surface area (Å²) in [5, 5.41) is 0.990. The number of ether oxygens (including phenoxy) is 3. The number of amides is 1. The fourth-order valence-electron chi connectivity index (χ4n) is 4.56. The molecule has 0 saturated carbocycles. The summed E-state index contributed by atoms with van der Waals surface area (Å²) >= 11 is 12.6. The maximum atomic E-state index is 13.8. The predicted octanol–water partition coefficient (Wildman–Crippen LogP) is 6.90. The van der Waals surface area contributed by atoms with E-state index >= 15 is 0 Å². The maximum absolute atomic E-state index is 13.8. The van der Waals surface area contributed by atoms with Crippen LogP contribution in [-0.4, -0.2) is 26.7 Å². The van der Waals surface area contributed by atoms with E-state index < -0.39 is 11.9 Å². The lowest BCUT2D eigenvalue weighted by molar-refractivity contribution is 0.0971. The summed E-state index contributed by atoms with van der Waals surface area (Å²) in [5.41, 5.74) is 1.23. The average molecular weight is 554 g/mol. The van der Waals surface area contributed by atoms with Crippen LogP contribution in [0.5, 0.6) is 17.2 Å². The van der Waals surface area contributed by atoms with Crippen LogP contribution >= 0.6 is 23.2 Å².